The first kappa shape index (κ1) is 13.3. The maximum atomic E-state index is 12.3. The zero-order valence-corrected chi connectivity index (χ0v) is 11.1. The number of carbonyl (C=O) groups is 2. The van der Waals surface area contributed by atoms with E-state index < -0.39 is 16.9 Å². The summed E-state index contributed by atoms with van der Waals surface area (Å²) in [5, 5.41) is 15.1. The van der Waals surface area contributed by atoms with Gasteiger partial charge in [0.1, 0.15) is 5.54 Å². The zero-order chi connectivity index (χ0) is 13.4. The first-order chi connectivity index (χ1) is 8.38. The van der Waals surface area contributed by atoms with Gasteiger partial charge in [-0.3, -0.25) is 4.79 Å². The van der Waals surface area contributed by atoms with E-state index in [1.54, 1.807) is 0 Å². The molecule has 1 saturated heterocycles. The molecule has 102 valence electrons. The predicted molar refractivity (Wildman–Crippen MR) is 67.1 cm³/mol. The minimum atomic E-state index is -0.976. The Kier molecular flexibility index (Phi) is 3.36. The molecule has 0 aromatic rings. The van der Waals surface area contributed by atoms with Crippen LogP contribution < -0.4 is 10.6 Å². The van der Waals surface area contributed by atoms with Crippen molar-refractivity contribution in [3.8, 4) is 0 Å². The summed E-state index contributed by atoms with van der Waals surface area (Å²) in [4.78, 5) is 23.4. The SMILES string of the molecule is CC(C)(C(=O)NC1(C(=O)O)CC1)C1CCCNC1. The first-order valence-electron chi connectivity index (χ1n) is 6.65. The zero-order valence-electron chi connectivity index (χ0n) is 11.1. The Morgan fingerprint density at radius 2 is 2.06 bits per heavy atom. The van der Waals surface area contributed by atoms with Gasteiger partial charge in [-0.15, -0.1) is 0 Å². The molecule has 1 aliphatic carbocycles. The van der Waals surface area contributed by atoms with Crippen LogP contribution in [0.1, 0.15) is 39.5 Å². The highest BCUT2D eigenvalue weighted by atomic mass is 16.4. The number of amides is 1. The number of carboxylic acid groups (broad SMARTS) is 1. The highest BCUT2D eigenvalue weighted by molar-refractivity contribution is 5.91. The molecule has 18 heavy (non-hydrogen) atoms. The minimum Gasteiger partial charge on any atom is -0.480 e. The molecule has 1 aliphatic heterocycles. The maximum Gasteiger partial charge on any atom is 0.329 e. The lowest BCUT2D eigenvalue weighted by Crippen LogP contribution is -2.52. The van der Waals surface area contributed by atoms with Gasteiger partial charge in [0.15, 0.2) is 0 Å². The molecular formula is C13H22N2O3. The standard InChI is InChI=1S/C13H22N2O3/c1-12(2,9-4-3-7-14-8-9)10(16)15-13(5-6-13)11(17)18/h9,14H,3-8H2,1-2H3,(H,15,16)(H,17,18). The second kappa shape index (κ2) is 4.53. The Morgan fingerprint density at radius 3 is 2.50 bits per heavy atom. The number of rotatable bonds is 4. The van der Waals surface area contributed by atoms with E-state index in [2.05, 4.69) is 10.6 Å². The van der Waals surface area contributed by atoms with Crippen molar-refractivity contribution >= 4 is 11.9 Å². The van der Waals surface area contributed by atoms with E-state index in [1.165, 1.54) is 0 Å². The van der Waals surface area contributed by atoms with Gasteiger partial charge in [0.2, 0.25) is 5.91 Å². The van der Waals surface area contributed by atoms with Crippen LogP contribution >= 0.6 is 0 Å². The summed E-state index contributed by atoms with van der Waals surface area (Å²) in [5.41, 5.74) is -1.49. The largest absolute Gasteiger partial charge is 0.480 e. The van der Waals surface area contributed by atoms with Gasteiger partial charge in [0, 0.05) is 5.41 Å². The number of aliphatic carboxylic acids is 1. The lowest BCUT2D eigenvalue weighted by Gasteiger charge is -2.36. The van der Waals surface area contributed by atoms with E-state index in [4.69, 9.17) is 5.11 Å². The van der Waals surface area contributed by atoms with Crippen molar-refractivity contribution in [3.05, 3.63) is 0 Å². The molecule has 3 N–H and O–H groups in total. The molecule has 2 fully saturated rings. The smallest absolute Gasteiger partial charge is 0.329 e. The molecule has 2 rings (SSSR count). The summed E-state index contributed by atoms with van der Waals surface area (Å²) in [6.07, 6.45) is 3.19. The van der Waals surface area contributed by atoms with E-state index in [0.29, 0.717) is 12.8 Å². The van der Waals surface area contributed by atoms with E-state index in [-0.39, 0.29) is 11.8 Å². The van der Waals surface area contributed by atoms with E-state index >= 15 is 0 Å². The van der Waals surface area contributed by atoms with Gasteiger partial charge in [-0.2, -0.15) is 0 Å². The molecule has 1 saturated carbocycles. The molecule has 0 aromatic carbocycles. The minimum absolute atomic E-state index is 0.129. The number of carboxylic acids is 1. The van der Waals surface area contributed by atoms with Gasteiger partial charge in [0.25, 0.3) is 0 Å². The first-order valence-corrected chi connectivity index (χ1v) is 6.65. The second-order valence-electron chi connectivity index (χ2n) is 6.11. The van der Waals surface area contributed by atoms with Gasteiger partial charge >= 0.3 is 5.97 Å². The molecule has 1 heterocycles. The van der Waals surface area contributed by atoms with Crippen LogP contribution in [0.25, 0.3) is 0 Å². The second-order valence-corrected chi connectivity index (χ2v) is 6.11. The number of hydrogen-bond donors (Lipinski definition) is 3. The van der Waals surface area contributed by atoms with Crippen LogP contribution in [-0.4, -0.2) is 35.6 Å². The number of hydrogen-bond acceptors (Lipinski definition) is 3. The Balaban J connectivity index is 2.00. The van der Waals surface area contributed by atoms with Gasteiger partial charge in [-0.25, -0.2) is 4.79 Å². The summed E-state index contributed by atoms with van der Waals surface area (Å²) in [6.45, 7) is 5.67. The number of nitrogens with one attached hydrogen (secondary N) is 2. The molecule has 1 unspecified atom stereocenters. The van der Waals surface area contributed by atoms with Crippen molar-refractivity contribution in [2.24, 2.45) is 11.3 Å². The molecule has 0 bridgehead atoms. The summed E-state index contributed by atoms with van der Waals surface area (Å²) < 4.78 is 0. The highest BCUT2D eigenvalue weighted by Crippen LogP contribution is 2.38. The molecule has 0 radical (unpaired) electrons. The summed E-state index contributed by atoms with van der Waals surface area (Å²) in [7, 11) is 0. The Bertz CT molecular complexity index is 355. The quantitative estimate of drug-likeness (QED) is 0.691. The fourth-order valence-corrected chi connectivity index (χ4v) is 2.55. The van der Waals surface area contributed by atoms with Gasteiger partial charge in [-0.1, -0.05) is 13.8 Å². The van der Waals surface area contributed by atoms with E-state index in [0.717, 1.165) is 25.9 Å². The van der Waals surface area contributed by atoms with Crippen molar-refractivity contribution in [2.45, 2.75) is 45.1 Å². The van der Waals surface area contributed by atoms with Crippen LogP contribution in [0.15, 0.2) is 0 Å². The molecule has 1 amide bonds. The third-order valence-electron chi connectivity index (χ3n) is 4.41. The average molecular weight is 254 g/mol. The molecule has 1 atom stereocenters. The summed E-state index contributed by atoms with van der Waals surface area (Å²) in [5.74, 6) is -0.764. The molecule has 0 aromatic heterocycles. The number of carbonyl (C=O) groups excluding carboxylic acids is 1. The fourth-order valence-electron chi connectivity index (χ4n) is 2.55. The Labute approximate surface area is 107 Å². The van der Waals surface area contributed by atoms with Crippen LogP contribution in [0.3, 0.4) is 0 Å². The van der Waals surface area contributed by atoms with Crippen LogP contribution in [0.5, 0.6) is 0 Å². The molecule has 5 nitrogen and oxygen atoms in total. The third-order valence-corrected chi connectivity index (χ3v) is 4.41. The van der Waals surface area contributed by atoms with Crippen molar-refractivity contribution in [1.82, 2.24) is 10.6 Å². The van der Waals surface area contributed by atoms with Crippen molar-refractivity contribution in [3.63, 3.8) is 0 Å². The maximum absolute atomic E-state index is 12.3. The Morgan fingerprint density at radius 1 is 1.39 bits per heavy atom. The fraction of sp³-hybridized carbons (Fsp3) is 0.846. The predicted octanol–water partition coefficient (Wildman–Crippen LogP) is 0.746. The van der Waals surface area contributed by atoms with Crippen LogP contribution in [-0.2, 0) is 9.59 Å². The van der Waals surface area contributed by atoms with Gasteiger partial charge in [-0.05, 0) is 44.7 Å². The topological polar surface area (TPSA) is 78.4 Å². The Hall–Kier alpha value is -1.10. The van der Waals surface area contributed by atoms with Gasteiger partial charge < -0.3 is 15.7 Å². The van der Waals surface area contributed by atoms with E-state index in [1.807, 2.05) is 13.8 Å². The summed E-state index contributed by atoms with van der Waals surface area (Å²) >= 11 is 0. The van der Waals surface area contributed by atoms with Crippen molar-refractivity contribution < 1.29 is 14.7 Å². The van der Waals surface area contributed by atoms with E-state index in [9.17, 15) is 9.59 Å². The molecule has 2 aliphatic rings. The average Bonchev–Trinajstić information content (AvgIpc) is 3.11. The van der Waals surface area contributed by atoms with Gasteiger partial charge in [0.05, 0.1) is 0 Å². The van der Waals surface area contributed by atoms with Crippen LogP contribution in [0, 0.1) is 11.3 Å². The molecule has 5 heteroatoms. The van der Waals surface area contributed by atoms with Crippen LogP contribution in [0.4, 0.5) is 0 Å². The molecular weight excluding hydrogens is 232 g/mol. The molecule has 0 spiro atoms. The lowest BCUT2D eigenvalue weighted by molar-refractivity contribution is -0.145. The number of piperidine rings is 1. The van der Waals surface area contributed by atoms with Crippen molar-refractivity contribution in [1.29, 1.82) is 0 Å². The lowest BCUT2D eigenvalue weighted by atomic mass is 9.74. The van der Waals surface area contributed by atoms with Crippen molar-refractivity contribution in [2.75, 3.05) is 13.1 Å². The normalized spacial score (nSPS) is 26.4. The monoisotopic (exact) mass is 254 g/mol. The highest BCUT2D eigenvalue weighted by Gasteiger charge is 2.53. The summed E-state index contributed by atoms with van der Waals surface area (Å²) in [6, 6.07) is 0. The third kappa shape index (κ3) is 2.36. The van der Waals surface area contributed by atoms with Crippen LogP contribution in [0.2, 0.25) is 0 Å².